The Morgan fingerprint density at radius 2 is 2.04 bits per heavy atom. The van der Waals surface area contributed by atoms with Gasteiger partial charge in [0.15, 0.2) is 0 Å². The van der Waals surface area contributed by atoms with Gasteiger partial charge in [0.25, 0.3) is 0 Å². The predicted molar refractivity (Wildman–Crippen MR) is 94.0 cm³/mol. The van der Waals surface area contributed by atoms with Crippen molar-refractivity contribution >= 4 is 5.97 Å². The molecule has 1 saturated heterocycles. The van der Waals surface area contributed by atoms with E-state index in [4.69, 9.17) is 0 Å². The molecule has 1 aromatic carbocycles. The first kappa shape index (κ1) is 16.7. The van der Waals surface area contributed by atoms with E-state index < -0.39 is 5.97 Å². The maximum atomic E-state index is 11.3. The second kappa shape index (κ2) is 7.14. The number of hydrogen-bond donors (Lipinski definition) is 1. The van der Waals surface area contributed by atoms with E-state index in [9.17, 15) is 9.90 Å². The minimum Gasteiger partial charge on any atom is -0.478 e. The van der Waals surface area contributed by atoms with Crippen LogP contribution < -0.4 is 0 Å². The van der Waals surface area contributed by atoms with Crippen LogP contribution in [0.3, 0.4) is 0 Å². The molecule has 126 valence electrons. The highest BCUT2D eigenvalue weighted by Gasteiger charge is 2.33. The first-order valence-electron chi connectivity index (χ1n) is 8.49. The largest absolute Gasteiger partial charge is 0.478 e. The lowest BCUT2D eigenvalue weighted by Gasteiger charge is -2.25. The molecule has 1 unspecified atom stereocenters. The van der Waals surface area contributed by atoms with Crippen molar-refractivity contribution in [1.29, 1.82) is 0 Å². The van der Waals surface area contributed by atoms with Crippen LogP contribution in [0.1, 0.15) is 41.4 Å². The van der Waals surface area contributed by atoms with E-state index in [0.29, 0.717) is 17.8 Å². The molecular formula is C20H24N2O2. The molecule has 1 aliphatic rings. The minimum atomic E-state index is -0.899. The van der Waals surface area contributed by atoms with Gasteiger partial charge in [0.2, 0.25) is 0 Å². The molecule has 1 atom stereocenters. The molecule has 0 amide bonds. The Balaban J connectivity index is 1.60. The van der Waals surface area contributed by atoms with Gasteiger partial charge in [-0.3, -0.25) is 9.88 Å². The molecule has 1 N–H and O–H groups in total. The first-order chi connectivity index (χ1) is 11.6. The van der Waals surface area contributed by atoms with Crippen molar-refractivity contribution in [2.45, 2.75) is 32.7 Å². The van der Waals surface area contributed by atoms with Gasteiger partial charge in [-0.05, 0) is 48.9 Å². The molecule has 2 heterocycles. The second-order valence-electron chi connectivity index (χ2n) is 7.06. The fourth-order valence-corrected chi connectivity index (χ4v) is 3.53. The molecule has 2 aromatic rings. The second-order valence-corrected chi connectivity index (χ2v) is 7.06. The SMILES string of the molecule is CC1(CCc2ccccc2)CCN(Cc2ncccc2C(=O)O)C1. The average molecular weight is 324 g/mol. The Hall–Kier alpha value is -2.20. The Bertz CT molecular complexity index is 702. The number of aromatic nitrogens is 1. The normalized spacial score (nSPS) is 21.0. The van der Waals surface area contributed by atoms with Crippen LogP contribution in [0, 0.1) is 5.41 Å². The average Bonchev–Trinajstić information content (AvgIpc) is 2.96. The van der Waals surface area contributed by atoms with Crippen LogP contribution in [-0.2, 0) is 13.0 Å². The number of carboxylic acids is 1. The third kappa shape index (κ3) is 4.01. The highest BCUT2D eigenvalue weighted by molar-refractivity contribution is 5.88. The van der Waals surface area contributed by atoms with Gasteiger partial charge in [-0.25, -0.2) is 4.79 Å². The Kier molecular flexibility index (Phi) is 4.95. The van der Waals surface area contributed by atoms with E-state index in [1.165, 1.54) is 5.56 Å². The number of benzene rings is 1. The summed E-state index contributed by atoms with van der Waals surface area (Å²) in [4.78, 5) is 17.9. The molecule has 24 heavy (non-hydrogen) atoms. The smallest absolute Gasteiger partial charge is 0.337 e. The van der Waals surface area contributed by atoms with Gasteiger partial charge in [-0.1, -0.05) is 37.3 Å². The number of carboxylic acid groups (broad SMARTS) is 1. The number of rotatable bonds is 6. The highest BCUT2D eigenvalue weighted by Crippen LogP contribution is 2.35. The first-order valence-corrected chi connectivity index (χ1v) is 8.49. The lowest BCUT2D eigenvalue weighted by Crippen LogP contribution is -2.26. The minimum absolute atomic E-state index is 0.286. The third-order valence-corrected chi connectivity index (χ3v) is 4.99. The molecule has 0 spiro atoms. The Morgan fingerprint density at radius 3 is 2.79 bits per heavy atom. The quantitative estimate of drug-likeness (QED) is 0.881. The van der Waals surface area contributed by atoms with Crippen LogP contribution in [0.25, 0.3) is 0 Å². The number of nitrogens with zero attached hydrogens (tertiary/aromatic N) is 2. The molecule has 0 aliphatic carbocycles. The van der Waals surface area contributed by atoms with Gasteiger partial charge in [-0.2, -0.15) is 0 Å². The van der Waals surface area contributed by atoms with Crippen molar-refractivity contribution in [2.24, 2.45) is 5.41 Å². The summed E-state index contributed by atoms with van der Waals surface area (Å²) in [7, 11) is 0. The molecule has 0 bridgehead atoms. The van der Waals surface area contributed by atoms with E-state index in [2.05, 4.69) is 47.1 Å². The summed E-state index contributed by atoms with van der Waals surface area (Å²) in [5.74, 6) is -0.899. The van der Waals surface area contributed by atoms with E-state index in [1.807, 2.05) is 0 Å². The zero-order valence-corrected chi connectivity index (χ0v) is 14.1. The Labute approximate surface area is 143 Å². The lowest BCUT2D eigenvalue weighted by molar-refractivity contribution is 0.0694. The molecule has 1 aromatic heterocycles. The van der Waals surface area contributed by atoms with Gasteiger partial charge in [0.1, 0.15) is 0 Å². The maximum Gasteiger partial charge on any atom is 0.337 e. The summed E-state index contributed by atoms with van der Waals surface area (Å²) in [6, 6.07) is 13.9. The van der Waals surface area contributed by atoms with Crippen molar-refractivity contribution in [2.75, 3.05) is 13.1 Å². The fourth-order valence-electron chi connectivity index (χ4n) is 3.53. The van der Waals surface area contributed by atoms with Gasteiger partial charge in [-0.15, -0.1) is 0 Å². The van der Waals surface area contributed by atoms with Crippen molar-refractivity contribution in [3.8, 4) is 0 Å². The van der Waals surface area contributed by atoms with Crippen molar-refractivity contribution in [3.63, 3.8) is 0 Å². The molecule has 1 fully saturated rings. The van der Waals surface area contributed by atoms with E-state index >= 15 is 0 Å². The lowest BCUT2D eigenvalue weighted by atomic mass is 9.83. The Morgan fingerprint density at radius 1 is 1.25 bits per heavy atom. The summed E-state index contributed by atoms with van der Waals surface area (Å²) in [5, 5.41) is 9.29. The molecular weight excluding hydrogens is 300 g/mol. The number of carbonyl (C=O) groups is 1. The zero-order chi connectivity index (χ0) is 17.0. The third-order valence-electron chi connectivity index (χ3n) is 4.99. The van der Waals surface area contributed by atoms with Gasteiger partial charge >= 0.3 is 5.97 Å². The molecule has 0 radical (unpaired) electrons. The topological polar surface area (TPSA) is 53.4 Å². The molecule has 3 rings (SSSR count). The van der Waals surface area contributed by atoms with E-state index in [-0.39, 0.29) is 5.41 Å². The zero-order valence-electron chi connectivity index (χ0n) is 14.1. The molecule has 1 aliphatic heterocycles. The predicted octanol–water partition coefficient (Wildman–Crippen LogP) is 3.62. The van der Waals surface area contributed by atoms with E-state index in [1.54, 1.807) is 18.3 Å². The summed E-state index contributed by atoms with van der Waals surface area (Å²) in [6.45, 7) is 4.95. The highest BCUT2D eigenvalue weighted by atomic mass is 16.4. The number of pyridine rings is 1. The number of hydrogen-bond acceptors (Lipinski definition) is 3. The van der Waals surface area contributed by atoms with E-state index in [0.717, 1.165) is 32.4 Å². The maximum absolute atomic E-state index is 11.3. The van der Waals surface area contributed by atoms with Crippen LogP contribution in [0.2, 0.25) is 0 Å². The number of aryl methyl sites for hydroxylation is 1. The summed E-state index contributed by atoms with van der Waals surface area (Å²) >= 11 is 0. The fraction of sp³-hybridized carbons (Fsp3) is 0.400. The van der Waals surface area contributed by atoms with Crippen LogP contribution in [0.5, 0.6) is 0 Å². The summed E-state index contributed by atoms with van der Waals surface area (Å²) < 4.78 is 0. The van der Waals surface area contributed by atoms with Crippen LogP contribution in [0.4, 0.5) is 0 Å². The van der Waals surface area contributed by atoms with Crippen molar-refractivity contribution in [3.05, 3.63) is 65.5 Å². The van der Waals surface area contributed by atoms with Gasteiger partial charge in [0.05, 0.1) is 11.3 Å². The molecule has 4 heteroatoms. The van der Waals surface area contributed by atoms with Crippen molar-refractivity contribution < 1.29 is 9.90 Å². The van der Waals surface area contributed by atoms with Gasteiger partial charge < -0.3 is 5.11 Å². The summed E-state index contributed by atoms with van der Waals surface area (Å²) in [6.07, 6.45) is 5.07. The van der Waals surface area contributed by atoms with Crippen LogP contribution >= 0.6 is 0 Å². The van der Waals surface area contributed by atoms with Crippen LogP contribution in [-0.4, -0.2) is 34.0 Å². The summed E-state index contributed by atoms with van der Waals surface area (Å²) in [5.41, 5.74) is 2.65. The van der Waals surface area contributed by atoms with Gasteiger partial charge in [0, 0.05) is 19.3 Å². The monoisotopic (exact) mass is 324 g/mol. The van der Waals surface area contributed by atoms with Crippen LogP contribution in [0.15, 0.2) is 48.7 Å². The number of aromatic carboxylic acids is 1. The van der Waals surface area contributed by atoms with Crippen molar-refractivity contribution in [1.82, 2.24) is 9.88 Å². The standard InChI is InChI=1S/C20H24N2O2/c1-20(10-9-16-6-3-2-4-7-16)11-13-22(15-20)14-18-17(19(23)24)8-5-12-21-18/h2-8,12H,9-11,13-15H2,1H3,(H,23,24). The number of likely N-dealkylation sites (tertiary alicyclic amines) is 1. The molecule has 4 nitrogen and oxygen atoms in total. The molecule has 0 saturated carbocycles.